The van der Waals surface area contributed by atoms with Crippen LogP contribution in [0.1, 0.15) is 22.5 Å². The van der Waals surface area contributed by atoms with Crippen LogP contribution in [0.5, 0.6) is 5.75 Å². The van der Waals surface area contributed by atoms with Crippen LogP contribution in [-0.4, -0.2) is 28.8 Å². The number of aromatic nitrogens is 2. The molecule has 1 aromatic carbocycles. The highest BCUT2D eigenvalue weighted by Crippen LogP contribution is 2.15. The van der Waals surface area contributed by atoms with E-state index < -0.39 is 6.61 Å². The summed E-state index contributed by atoms with van der Waals surface area (Å²) in [6.07, 6.45) is 2.45. The average molecular weight is 309 g/mol. The third-order valence-electron chi connectivity index (χ3n) is 3.08. The Morgan fingerprint density at radius 2 is 2.23 bits per heavy atom. The number of halogens is 2. The molecule has 2 rings (SSSR count). The lowest BCUT2D eigenvalue weighted by Gasteiger charge is -2.08. The molecule has 1 heterocycles. The van der Waals surface area contributed by atoms with E-state index in [-0.39, 0.29) is 17.2 Å². The maximum absolute atomic E-state index is 12.1. The molecule has 7 heteroatoms. The highest BCUT2D eigenvalue weighted by Gasteiger charge is 2.09. The molecule has 0 radical (unpaired) electrons. The first-order chi connectivity index (χ1) is 10.6. The highest BCUT2D eigenvalue weighted by atomic mass is 19.3. The van der Waals surface area contributed by atoms with E-state index in [1.54, 1.807) is 12.3 Å². The first kappa shape index (κ1) is 15.9. The smallest absolute Gasteiger partial charge is 0.387 e. The van der Waals surface area contributed by atoms with Crippen LogP contribution in [0.4, 0.5) is 8.78 Å². The molecular weight excluding hydrogens is 292 g/mol. The lowest BCUT2D eigenvalue weighted by atomic mass is 10.2. The Hall–Kier alpha value is -2.44. The van der Waals surface area contributed by atoms with Crippen molar-refractivity contribution in [2.24, 2.45) is 0 Å². The predicted octanol–water partition coefficient (Wildman–Crippen LogP) is 2.61. The standard InChI is InChI=1S/C15H17F2N3O2/c1-11-6-8-19-20(11)9-3-7-18-14(21)12-4-2-5-13(10-12)22-15(16)17/h2,4-6,8,10,15H,3,7,9H2,1H3,(H,18,21). The van der Waals surface area contributed by atoms with Crippen molar-refractivity contribution in [3.8, 4) is 5.75 Å². The number of benzene rings is 1. The lowest BCUT2D eigenvalue weighted by molar-refractivity contribution is -0.0498. The van der Waals surface area contributed by atoms with E-state index in [0.29, 0.717) is 13.1 Å². The lowest BCUT2D eigenvalue weighted by Crippen LogP contribution is -2.25. The van der Waals surface area contributed by atoms with Crippen molar-refractivity contribution >= 4 is 5.91 Å². The zero-order chi connectivity index (χ0) is 15.9. The molecule has 0 saturated heterocycles. The molecule has 0 fully saturated rings. The molecule has 0 bridgehead atoms. The van der Waals surface area contributed by atoms with Crippen molar-refractivity contribution < 1.29 is 18.3 Å². The van der Waals surface area contributed by atoms with Gasteiger partial charge in [0.1, 0.15) is 5.75 Å². The second-order valence-electron chi connectivity index (χ2n) is 4.71. The van der Waals surface area contributed by atoms with E-state index >= 15 is 0 Å². The Kier molecular flexibility index (Phi) is 5.46. The molecular formula is C15H17F2N3O2. The van der Waals surface area contributed by atoms with Gasteiger partial charge in [-0.25, -0.2) is 0 Å². The monoisotopic (exact) mass is 309 g/mol. The molecule has 22 heavy (non-hydrogen) atoms. The fourth-order valence-electron chi connectivity index (χ4n) is 1.98. The van der Waals surface area contributed by atoms with Gasteiger partial charge in [-0.3, -0.25) is 9.48 Å². The maximum atomic E-state index is 12.1. The van der Waals surface area contributed by atoms with Crippen LogP contribution in [0, 0.1) is 6.92 Å². The van der Waals surface area contributed by atoms with Crippen molar-refractivity contribution in [1.29, 1.82) is 0 Å². The van der Waals surface area contributed by atoms with E-state index in [1.165, 1.54) is 18.2 Å². The Morgan fingerprint density at radius 1 is 1.41 bits per heavy atom. The molecule has 5 nitrogen and oxygen atoms in total. The van der Waals surface area contributed by atoms with E-state index in [4.69, 9.17) is 0 Å². The number of nitrogens with one attached hydrogen (secondary N) is 1. The molecule has 0 atom stereocenters. The maximum Gasteiger partial charge on any atom is 0.387 e. The number of aryl methyl sites for hydroxylation is 2. The van der Waals surface area contributed by atoms with Gasteiger partial charge in [0.25, 0.3) is 5.91 Å². The first-order valence-electron chi connectivity index (χ1n) is 6.88. The summed E-state index contributed by atoms with van der Waals surface area (Å²) in [5.41, 5.74) is 1.34. The molecule has 0 aliphatic heterocycles. The van der Waals surface area contributed by atoms with Crippen LogP contribution in [0.2, 0.25) is 0 Å². The minimum Gasteiger partial charge on any atom is -0.435 e. The van der Waals surface area contributed by atoms with Crippen LogP contribution in [0.3, 0.4) is 0 Å². The van der Waals surface area contributed by atoms with Gasteiger partial charge in [-0.2, -0.15) is 13.9 Å². The number of rotatable bonds is 7. The SMILES string of the molecule is Cc1ccnn1CCCNC(=O)c1cccc(OC(F)F)c1. The van der Waals surface area contributed by atoms with Crippen LogP contribution >= 0.6 is 0 Å². The quantitative estimate of drug-likeness (QED) is 0.800. The van der Waals surface area contributed by atoms with E-state index in [2.05, 4.69) is 15.2 Å². The number of amides is 1. The predicted molar refractivity (Wildman–Crippen MR) is 77.0 cm³/mol. The molecule has 1 N–H and O–H groups in total. The zero-order valence-electron chi connectivity index (χ0n) is 12.1. The number of hydrogen-bond donors (Lipinski definition) is 1. The van der Waals surface area contributed by atoms with Gasteiger partial charge in [-0.05, 0) is 37.6 Å². The molecule has 0 aliphatic rings. The van der Waals surface area contributed by atoms with Crippen molar-refractivity contribution in [2.75, 3.05) is 6.54 Å². The third-order valence-corrected chi connectivity index (χ3v) is 3.08. The average Bonchev–Trinajstić information content (AvgIpc) is 2.88. The topological polar surface area (TPSA) is 56.2 Å². The summed E-state index contributed by atoms with van der Waals surface area (Å²) in [5, 5.41) is 6.88. The molecule has 0 saturated carbocycles. The number of hydrogen-bond acceptors (Lipinski definition) is 3. The second kappa shape index (κ2) is 7.53. The Bertz CT molecular complexity index is 629. The van der Waals surface area contributed by atoms with Gasteiger partial charge >= 0.3 is 6.61 Å². The molecule has 118 valence electrons. The Labute approximate surface area is 126 Å². The number of alkyl halides is 2. The molecule has 0 spiro atoms. The minimum atomic E-state index is -2.91. The summed E-state index contributed by atoms with van der Waals surface area (Å²) in [6.45, 7) is 0.224. The van der Waals surface area contributed by atoms with Gasteiger partial charge in [-0.1, -0.05) is 6.07 Å². The summed E-state index contributed by atoms with van der Waals surface area (Å²) in [6, 6.07) is 7.63. The number of nitrogens with zero attached hydrogens (tertiary/aromatic N) is 2. The number of carbonyl (C=O) groups excluding carboxylic acids is 1. The van der Waals surface area contributed by atoms with Gasteiger partial charge in [-0.15, -0.1) is 0 Å². The summed E-state index contributed by atoms with van der Waals surface area (Å²) < 4.78 is 30.4. The van der Waals surface area contributed by atoms with Crippen molar-refractivity contribution in [1.82, 2.24) is 15.1 Å². The van der Waals surface area contributed by atoms with Crippen LogP contribution in [0.15, 0.2) is 36.5 Å². The number of ether oxygens (including phenoxy) is 1. The fraction of sp³-hybridized carbons (Fsp3) is 0.333. The summed E-state index contributed by atoms with van der Waals surface area (Å²) in [7, 11) is 0. The normalized spacial score (nSPS) is 10.7. The third kappa shape index (κ3) is 4.54. The zero-order valence-corrected chi connectivity index (χ0v) is 12.1. The molecule has 0 aliphatic carbocycles. The molecule has 0 unspecified atom stereocenters. The van der Waals surface area contributed by atoms with Crippen molar-refractivity contribution in [2.45, 2.75) is 26.5 Å². The minimum absolute atomic E-state index is 0.0326. The summed E-state index contributed by atoms with van der Waals surface area (Å²) in [5.74, 6) is -0.355. The Morgan fingerprint density at radius 3 is 2.91 bits per heavy atom. The molecule has 1 amide bonds. The highest BCUT2D eigenvalue weighted by molar-refractivity contribution is 5.94. The summed E-state index contributed by atoms with van der Waals surface area (Å²) in [4.78, 5) is 11.9. The van der Waals surface area contributed by atoms with E-state index in [1.807, 2.05) is 17.7 Å². The van der Waals surface area contributed by atoms with Crippen molar-refractivity contribution in [3.05, 3.63) is 47.8 Å². The molecule has 2 aromatic rings. The van der Waals surface area contributed by atoms with Crippen LogP contribution < -0.4 is 10.1 Å². The second-order valence-corrected chi connectivity index (χ2v) is 4.71. The number of carbonyl (C=O) groups is 1. The van der Waals surface area contributed by atoms with E-state index in [9.17, 15) is 13.6 Å². The van der Waals surface area contributed by atoms with Gasteiger partial charge in [0.2, 0.25) is 0 Å². The van der Waals surface area contributed by atoms with Crippen molar-refractivity contribution in [3.63, 3.8) is 0 Å². The van der Waals surface area contributed by atoms with Crippen LogP contribution in [0.25, 0.3) is 0 Å². The molecule has 1 aromatic heterocycles. The Balaban J connectivity index is 1.81. The van der Waals surface area contributed by atoms with E-state index in [0.717, 1.165) is 12.1 Å². The van der Waals surface area contributed by atoms with Gasteiger partial charge < -0.3 is 10.1 Å². The largest absolute Gasteiger partial charge is 0.435 e. The fourth-order valence-corrected chi connectivity index (χ4v) is 1.98. The summed E-state index contributed by atoms with van der Waals surface area (Å²) >= 11 is 0. The van der Waals surface area contributed by atoms with Gasteiger partial charge in [0, 0.05) is 30.5 Å². The van der Waals surface area contributed by atoms with Gasteiger partial charge in [0.15, 0.2) is 0 Å². The first-order valence-corrected chi connectivity index (χ1v) is 6.88. The van der Waals surface area contributed by atoms with Crippen LogP contribution in [-0.2, 0) is 6.54 Å². The van der Waals surface area contributed by atoms with Gasteiger partial charge in [0.05, 0.1) is 0 Å².